The Balaban J connectivity index is 1.63. The summed E-state index contributed by atoms with van der Waals surface area (Å²) in [7, 11) is 0. The van der Waals surface area contributed by atoms with Crippen LogP contribution in [0.1, 0.15) is 61.6 Å². The van der Waals surface area contributed by atoms with Crippen LogP contribution in [0.2, 0.25) is 0 Å². The number of aliphatic hydroxyl groups excluding tert-OH is 1. The van der Waals surface area contributed by atoms with E-state index in [-0.39, 0.29) is 12.1 Å². The molecule has 3 rings (SSSR count). The van der Waals surface area contributed by atoms with Crippen LogP contribution in [-0.2, 0) is 12.8 Å². The lowest BCUT2D eigenvalue weighted by molar-refractivity contribution is 0.198. The summed E-state index contributed by atoms with van der Waals surface area (Å²) < 4.78 is 0. The molecule has 0 amide bonds. The molecular weight excluding hydrogens is 302 g/mol. The molecule has 2 aliphatic rings. The number of benzene rings is 1. The zero-order chi connectivity index (χ0) is 16.3. The molecule has 3 atom stereocenters. The predicted octanol–water partition coefficient (Wildman–Crippen LogP) is 3.89. The van der Waals surface area contributed by atoms with E-state index in [2.05, 4.69) is 36.9 Å². The largest absolute Gasteiger partial charge is 0.394 e. The summed E-state index contributed by atoms with van der Waals surface area (Å²) >= 11 is 2.12. The first kappa shape index (κ1) is 17.3. The highest BCUT2D eigenvalue weighted by molar-refractivity contribution is 7.99. The first-order valence-electron chi connectivity index (χ1n) is 9.23. The highest BCUT2D eigenvalue weighted by atomic mass is 32.2. The van der Waals surface area contributed by atoms with Crippen LogP contribution in [0.4, 0.5) is 0 Å². The second-order valence-corrected chi connectivity index (χ2v) is 8.82. The van der Waals surface area contributed by atoms with Gasteiger partial charge < -0.3 is 10.8 Å². The molecule has 0 radical (unpaired) electrons. The van der Waals surface area contributed by atoms with Crippen molar-refractivity contribution in [3.05, 3.63) is 34.9 Å². The minimum Gasteiger partial charge on any atom is -0.394 e. The lowest BCUT2D eigenvalue weighted by atomic mass is 9.82. The maximum atomic E-state index is 9.47. The fourth-order valence-corrected chi connectivity index (χ4v) is 5.30. The first-order valence-corrected chi connectivity index (χ1v) is 10.4. The maximum absolute atomic E-state index is 9.47. The Morgan fingerprint density at radius 1 is 1.30 bits per heavy atom. The van der Waals surface area contributed by atoms with Crippen LogP contribution in [0, 0.1) is 5.92 Å². The third-order valence-corrected chi connectivity index (χ3v) is 7.10. The lowest BCUT2D eigenvalue weighted by Gasteiger charge is -2.26. The van der Waals surface area contributed by atoms with E-state index in [1.165, 1.54) is 42.8 Å². The molecule has 1 aromatic rings. The van der Waals surface area contributed by atoms with Gasteiger partial charge in [-0.15, -0.1) is 0 Å². The molecule has 3 N–H and O–H groups in total. The maximum Gasteiger partial charge on any atom is 0.0611 e. The van der Waals surface area contributed by atoms with Crippen molar-refractivity contribution >= 4 is 11.8 Å². The molecule has 3 heteroatoms. The third-order valence-electron chi connectivity index (χ3n) is 5.69. The Bertz CT molecular complexity index is 532. The predicted molar refractivity (Wildman–Crippen MR) is 100 cm³/mol. The third kappa shape index (κ3) is 4.12. The Morgan fingerprint density at radius 2 is 2.17 bits per heavy atom. The summed E-state index contributed by atoms with van der Waals surface area (Å²) in [6, 6.07) is 7.14. The van der Waals surface area contributed by atoms with E-state index in [9.17, 15) is 5.11 Å². The van der Waals surface area contributed by atoms with Crippen LogP contribution < -0.4 is 5.73 Å². The van der Waals surface area contributed by atoms with E-state index in [1.807, 2.05) is 0 Å². The lowest BCUT2D eigenvalue weighted by Crippen LogP contribution is -2.40. The summed E-state index contributed by atoms with van der Waals surface area (Å²) in [5, 5.41) is 9.47. The van der Waals surface area contributed by atoms with E-state index in [4.69, 9.17) is 5.73 Å². The molecule has 0 unspecified atom stereocenters. The van der Waals surface area contributed by atoms with Crippen LogP contribution in [0.15, 0.2) is 18.2 Å². The van der Waals surface area contributed by atoms with Gasteiger partial charge in [-0.3, -0.25) is 0 Å². The van der Waals surface area contributed by atoms with Crippen LogP contribution >= 0.6 is 11.8 Å². The second-order valence-electron chi connectivity index (χ2n) is 7.67. The molecule has 23 heavy (non-hydrogen) atoms. The van der Waals surface area contributed by atoms with Crippen molar-refractivity contribution in [3.63, 3.8) is 0 Å². The minimum absolute atomic E-state index is 0.117. The fraction of sp³-hybridized carbons (Fsp3) is 0.700. The van der Waals surface area contributed by atoms with Gasteiger partial charge in [-0.1, -0.05) is 25.1 Å². The topological polar surface area (TPSA) is 46.2 Å². The van der Waals surface area contributed by atoms with E-state index in [0.717, 1.165) is 25.2 Å². The van der Waals surface area contributed by atoms with Gasteiger partial charge in [0.2, 0.25) is 0 Å². The first-order chi connectivity index (χ1) is 11.1. The molecule has 1 aromatic carbocycles. The normalized spacial score (nSPS) is 30.4. The van der Waals surface area contributed by atoms with Gasteiger partial charge in [0.15, 0.2) is 0 Å². The highest BCUT2D eigenvalue weighted by Crippen LogP contribution is 2.40. The SMILES string of the molecule is CCCSC[C@H]1CCc2cc([C@H]3CC[C@](N)(CO)C3)ccc2C1. The molecule has 1 fully saturated rings. The van der Waals surface area contributed by atoms with Gasteiger partial charge in [0, 0.05) is 5.54 Å². The number of fused-ring (bicyclic) bond motifs is 1. The van der Waals surface area contributed by atoms with E-state index >= 15 is 0 Å². The molecule has 0 aromatic heterocycles. The van der Waals surface area contributed by atoms with E-state index < -0.39 is 0 Å². The molecular formula is C20H31NOS. The van der Waals surface area contributed by atoms with Crippen LogP contribution in [0.3, 0.4) is 0 Å². The Labute approximate surface area is 145 Å². The number of hydrogen-bond donors (Lipinski definition) is 2. The molecule has 0 saturated heterocycles. The van der Waals surface area contributed by atoms with Crippen molar-refractivity contribution in [2.45, 2.75) is 63.3 Å². The highest BCUT2D eigenvalue weighted by Gasteiger charge is 2.36. The van der Waals surface area contributed by atoms with E-state index in [1.54, 1.807) is 11.1 Å². The number of aryl methyl sites for hydroxylation is 1. The standard InChI is InChI=1S/C20H31NOS/c1-2-9-23-13-15-3-4-17-11-18(6-5-16(17)10-15)19-7-8-20(21,12-19)14-22/h5-6,11,15,19,22H,2-4,7-10,12-14,21H2,1H3/t15-,19-,20+/m0/s1. The Hall–Kier alpha value is -0.510. The molecule has 0 aliphatic heterocycles. The van der Waals surface area contributed by atoms with Gasteiger partial charge in [0.05, 0.1) is 6.61 Å². The quantitative estimate of drug-likeness (QED) is 0.776. The van der Waals surface area contributed by atoms with Gasteiger partial charge in [-0.25, -0.2) is 0 Å². The molecule has 0 heterocycles. The van der Waals surface area contributed by atoms with Gasteiger partial charge in [-0.2, -0.15) is 11.8 Å². The van der Waals surface area contributed by atoms with E-state index in [0.29, 0.717) is 5.92 Å². The monoisotopic (exact) mass is 333 g/mol. The smallest absolute Gasteiger partial charge is 0.0611 e. The number of aliphatic hydroxyl groups is 1. The zero-order valence-electron chi connectivity index (χ0n) is 14.4. The molecule has 1 saturated carbocycles. The number of hydrogen-bond acceptors (Lipinski definition) is 3. The second kappa shape index (κ2) is 7.58. The van der Waals surface area contributed by atoms with Gasteiger partial charge >= 0.3 is 0 Å². The average Bonchev–Trinajstić information content (AvgIpc) is 2.98. The van der Waals surface area contributed by atoms with Gasteiger partial charge in [0.1, 0.15) is 0 Å². The zero-order valence-corrected chi connectivity index (χ0v) is 15.2. The van der Waals surface area contributed by atoms with Crippen molar-refractivity contribution in [2.24, 2.45) is 11.7 Å². The Morgan fingerprint density at radius 3 is 2.91 bits per heavy atom. The number of thioether (sulfide) groups is 1. The van der Waals surface area contributed by atoms with Gasteiger partial charge in [-0.05, 0) is 85.0 Å². The van der Waals surface area contributed by atoms with Crippen molar-refractivity contribution in [2.75, 3.05) is 18.1 Å². The van der Waals surface area contributed by atoms with Crippen molar-refractivity contribution in [3.8, 4) is 0 Å². The molecule has 2 nitrogen and oxygen atoms in total. The molecule has 128 valence electrons. The van der Waals surface area contributed by atoms with Gasteiger partial charge in [0.25, 0.3) is 0 Å². The average molecular weight is 334 g/mol. The van der Waals surface area contributed by atoms with Crippen molar-refractivity contribution in [1.82, 2.24) is 0 Å². The summed E-state index contributed by atoms with van der Waals surface area (Å²) in [6.45, 7) is 2.38. The van der Waals surface area contributed by atoms with Crippen LogP contribution in [0.25, 0.3) is 0 Å². The molecule has 0 spiro atoms. The summed E-state index contributed by atoms with van der Waals surface area (Å²) in [5.74, 6) is 4.03. The molecule has 0 bridgehead atoms. The van der Waals surface area contributed by atoms with Crippen LogP contribution in [-0.4, -0.2) is 28.8 Å². The van der Waals surface area contributed by atoms with Crippen molar-refractivity contribution in [1.29, 1.82) is 0 Å². The minimum atomic E-state index is -0.345. The van der Waals surface area contributed by atoms with Crippen molar-refractivity contribution < 1.29 is 5.11 Å². The van der Waals surface area contributed by atoms with Crippen LogP contribution in [0.5, 0.6) is 0 Å². The summed E-state index contributed by atoms with van der Waals surface area (Å²) in [5.41, 5.74) is 10.5. The number of nitrogens with two attached hydrogens (primary N) is 1. The Kier molecular flexibility index (Phi) is 5.71. The fourth-order valence-electron chi connectivity index (χ4n) is 4.23. The number of rotatable bonds is 6. The summed E-state index contributed by atoms with van der Waals surface area (Å²) in [4.78, 5) is 0. The molecule has 2 aliphatic carbocycles. The summed E-state index contributed by atoms with van der Waals surface area (Å²) in [6.07, 6.45) is 8.12.